The second-order valence-electron chi connectivity index (χ2n) is 3.77. The summed E-state index contributed by atoms with van der Waals surface area (Å²) in [5.41, 5.74) is 2.64. The molecule has 6 heteroatoms. The van der Waals surface area contributed by atoms with Crippen molar-refractivity contribution in [3.63, 3.8) is 0 Å². The van der Waals surface area contributed by atoms with Gasteiger partial charge in [0, 0.05) is 24.4 Å². The van der Waals surface area contributed by atoms with E-state index >= 15 is 0 Å². The minimum atomic E-state index is -6.00. The van der Waals surface area contributed by atoms with E-state index in [4.69, 9.17) is 0 Å². The van der Waals surface area contributed by atoms with Crippen molar-refractivity contribution in [1.82, 2.24) is 0 Å². The van der Waals surface area contributed by atoms with E-state index in [-0.39, 0.29) is 0 Å². The van der Waals surface area contributed by atoms with Crippen LogP contribution in [0.5, 0.6) is 0 Å². The fraction of sp³-hybridized carbons (Fsp3) is 0.250. The molecule has 0 spiro atoms. The highest BCUT2D eigenvalue weighted by atomic mass is 19.5. The van der Waals surface area contributed by atoms with Gasteiger partial charge < -0.3 is 17.3 Å². The first kappa shape index (κ1) is 14.5. The fourth-order valence-electron chi connectivity index (χ4n) is 1.78. The molecule has 0 bridgehead atoms. The van der Waals surface area contributed by atoms with Gasteiger partial charge in [0.25, 0.3) is 0 Å². The zero-order valence-corrected chi connectivity index (χ0v) is 10.2. The number of hydrogen-bond donors (Lipinski definition) is 0. The van der Waals surface area contributed by atoms with Crippen LogP contribution in [0.3, 0.4) is 0 Å². The highest BCUT2D eigenvalue weighted by Gasteiger charge is 2.20. The van der Waals surface area contributed by atoms with Gasteiger partial charge in [0.05, 0.1) is 0 Å². The van der Waals surface area contributed by atoms with Gasteiger partial charge in [0.2, 0.25) is 5.52 Å². The first-order valence-corrected chi connectivity index (χ1v) is 5.58. The number of pyridine rings is 1. The lowest BCUT2D eigenvalue weighted by Gasteiger charge is -2.01. The maximum Gasteiger partial charge on any atom is 0.673 e. The van der Waals surface area contributed by atoms with Gasteiger partial charge in [-0.05, 0) is 19.1 Å². The van der Waals surface area contributed by atoms with Crippen molar-refractivity contribution in [3.05, 3.63) is 42.1 Å². The molecule has 0 N–H and O–H groups in total. The Labute approximate surface area is 103 Å². The number of para-hydroxylation sites is 1. The number of aryl methyl sites for hydroxylation is 2. The number of benzene rings is 1. The molecular formula is C12H14BF4N. The van der Waals surface area contributed by atoms with Gasteiger partial charge in [0.1, 0.15) is 6.54 Å². The summed E-state index contributed by atoms with van der Waals surface area (Å²) in [7, 11) is -6.00. The van der Waals surface area contributed by atoms with Crippen molar-refractivity contribution in [3.8, 4) is 0 Å². The van der Waals surface area contributed by atoms with E-state index in [1.165, 1.54) is 16.6 Å². The Balaban J connectivity index is 0.000000280. The molecule has 1 aromatic heterocycles. The van der Waals surface area contributed by atoms with Crippen molar-refractivity contribution in [2.45, 2.75) is 20.4 Å². The van der Waals surface area contributed by atoms with Gasteiger partial charge in [-0.2, -0.15) is 4.57 Å². The molecule has 18 heavy (non-hydrogen) atoms. The van der Waals surface area contributed by atoms with Crippen LogP contribution < -0.4 is 4.57 Å². The first-order valence-electron chi connectivity index (χ1n) is 5.58. The molecule has 98 valence electrons. The Bertz CT molecular complexity index is 519. The number of rotatable bonds is 1. The SMILES string of the molecule is CC[n+]1c(C)ccc2ccccc21.F[B-](F)(F)F. The molecule has 1 nitrogen and oxygen atoms in total. The second kappa shape index (κ2) is 5.84. The molecule has 0 aliphatic carbocycles. The van der Waals surface area contributed by atoms with Gasteiger partial charge >= 0.3 is 7.25 Å². The molecule has 0 aliphatic rings. The summed E-state index contributed by atoms with van der Waals surface area (Å²) < 4.78 is 41.3. The minimum Gasteiger partial charge on any atom is -0.418 e. The standard InChI is InChI=1S/C12H14N.BF4/c1-3-13-10(2)8-9-11-6-4-5-7-12(11)13;2-1(3,4)5/h4-9H,3H2,1-2H3;/q+1;-1. The van der Waals surface area contributed by atoms with E-state index in [1.54, 1.807) is 0 Å². The molecule has 0 aliphatic heterocycles. The van der Waals surface area contributed by atoms with Crippen molar-refractivity contribution < 1.29 is 21.8 Å². The minimum absolute atomic E-state index is 1.03. The van der Waals surface area contributed by atoms with E-state index in [0.29, 0.717) is 0 Å². The summed E-state index contributed by atoms with van der Waals surface area (Å²) in [6, 6.07) is 12.8. The third-order valence-electron chi connectivity index (χ3n) is 2.47. The molecule has 0 unspecified atom stereocenters. The highest BCUT2D eigenvalue weighted by molar-refractivity contribution is 6.50. The van der Waals surface area contributed by atoms with Crippen LogP contribution >= 0.6 is 0 Å². The lowest BCUT2D eigenvalue weighted by atomic mass is 10.2. The Morgan fingerprint density at radius 2 is 1.56 bits per heavy atom. The average molecular weight is 259 g/mol. The molecule has 0 amide bonds. The molecule has 0 radical (unpaired) electrons. The van der Waals surface area contributed by atoms with Crippen molar-refractivity contribution in [2.75, 3.05) is 0 Å². The van der Waals surface area contributed by atoms with E-state index in [2.05, 4.69) is 54.8 Å². The van der Waals surface area contributed by atoms with Crippen molar-refractivity contribution in [1.29, 1.82) is 0 Å². The van der Waals surface area contributed by atoms with E-state index in [0.717, 1.165) is 6.54 Å². The van der Waals surface area contributed by atoms with Gasteiger partial charge in [-0.3, -0.25) is 0 Å². The Morgan fingerprint density at radius 3 is 2.11 bits per heavy atom. The van der Waals surface area contributed by atoms with Crippen LogP contribution in [0.15, 0.2) is 36.4 Å². The van der Waals surface area contributed by atoms with Gasteiger partial charge in [-0.15, -0.1) is 0 Å². The van der Waals surface area contributed by atoms with Gasteiger partial charge in [-0.25, -0.2) is 0 Å². The maximum atomic E-state index is 9.75. The highest BCUT2D eigenvalue weighted by Crippen LogP contribution is 2.09. The number of halogens is 4. The molecule has 0 fully saturated rings. The van der Waals surface area contributed by atoms with Crippen LogP contribution in [0, 0.1) is 6.92 Å². The number of nitrogens with zero attached hydrogens (tertiary/aromatic N) is 1. The molecule has 2 aromatic rings. The molecule has 0 saturated carbocycles. The first-order chi connectivity index (χ1) is 8.33. The van der Waals surface area contributed by atoms with Crippen LogP contribution in [-0.4, -0.2) is 7.25 Å². The lowest BCUT2D eigenvalue weighted by Crippen LogP contribution is -2.36. The topological polar surface area (TPSA) is 3.88 Å². The molecule has 0 saturated heterocycles. The summed E-state index contributed by atoms with van der Waals surface area (Å²) in [6.07, 6.45) is 0. The third kappa shape index (κ3) is 4.35. The maximum absolute atomic E-state index is 9.75. The summed E-state index contributed by atoms with van der Waals surface area (Å²) in [5, 5.41) is 1.31. The molecule has 0 atom stereocenters. The number of aromatic nitrogens is 1. The normalized spacial score (nSPS) is 11.0. The predicted octanol–water partition coefficient (Wildman–Crippen LogP) is 3.76. The summed E-state index contributed by atoms with van der Waals surface area (Å²) in [5.74, 6) is 0. The summed E-state index contributed by atoms with van der Waals surface area (Å²) >= 11 is 0. The Hall–Kier alpha value is -1.59. The fourth-order valence-corrected chi connectivity index (χ4v) is 1.78. The van der Waals surface area contributed by atoms with Crippen LogP contribution in [0.25, 0.3) is 10.9 Å². The van der Waals surface area contributed by atoms with Crippen molar-refractivity contribution in [2.24, 2.45) is 0 Å². The van der Waals surface area contributed by atoms with Crippen LogP contribution in [0.4, 0.5) is 17.3 Å². The van der Waals surface area contributed by atoms with Crippen LogP contribution in [0.2, 0.25) is 0 Å². The monoisotopic (exact) mass is 259 g/mol. The lowest BCUT2D eigenvalue weighted by molar-refractivity contribution is -0.673. The molecular weight excluding hydrogens is 245 g/mol. The smallest absolute Gasteiger partial charge is 0.418 e. The average Bonchev–Trinajstić information content (AvgIpc) is 2.27. The van der Waals surface area contributed by atoms with Crippen LogP contribution in [-0.2, 0) is 6.54 Å². The Kier molecular flexibility index (Phi) is 4.70. The summed E-state index contributed by atoms with van der Waals surface area (Å²) in [6.45, 7) is 5.36. The number of hydrogen-bond acceptors (Lipinski definition) is 0. The van der Waals surface area contributed by atoms with E-state index in [1.807, 2.05) is 0 Å². The quantitative estimate of drug-likeness (QED) is 0.417. The number of fused-ring (bicyclic) bond motifs is 1. The van der Waals surface area contributed by atoms with E-state index in [9.17, 15) is 17.3 Å². The zero-order chi connectivity index (χ0) is 13.8. The van der Waals surface area contributed by atoms with Gasteiger partial charge in [-0.1, -0.05) is 12.1 Å². The largest absolute Gasteiger partial charge is 0.673 e. The zero-order valence-electron chi connectivity index (χ0n) is 10.2. The Morgan fingerprint density at radius 1 is 1.00 bits per heavy atom. The second-order valence-corrected chi connectivity index (χ2v) is 3.77. The van der Waals surface area contributed by atoms with Crippen molar-refractivity contribution >= 4 is 18.2 Å². The van der Waals surface area contributed by atoms with Gasteiger partial charge in [0.15, 0.2) is 5.69 Å². The van der Waals surface area contributed by atoms with Crippen LogP contribution in [0.1, 0.15) is 12.6 Å². The molecule has 1 aromatic carbocycles. The summed E-state index contributed by atoms with van der Waals surface area (Å²) in [4.78, 5) is 0. The predicted molar refractivity (Wildman–Crippen MR) is 64.7 cm³/mol. The third-order valence-corrected chi connectivity index (χ3v) is 2.47. The molecule has 2 rings (SSSR count). The molecule has 1 heterocycles. The van der Waals surface area contributed by atoms with E-state index < -0.39 is 7.25 Å².